The largest absolute Gasteiger partial charge is 0.308 e. The van der Waals surface area contributed by atoms with Crippen LogP contribution in [-0.2, 0) is 6.54 Å². The predicted octanol–water partition coefficient (Wildman–Crippen LogP) is 1.64. The molecule has 1 saturated carbocycles. The molecule has 2 nitrogen and oxygen atoms in total. The van der Waals surface area contributed by atoms with Crippen molar-refractivity contribution in [3.63, 3.8) is 0 Å². The van der Waals surface area contributed by atoms with Gasteiger partial charge in [-0.05, 0) is 31.9 Å². The molecule has 0 saturated heterocycles. The second kappa shape index (κ2) is 3.23. The molecule has 0 bridgehead atoms. The van der Waals surface area contributed by atoms with Crippen molar-refractivity contribution < 1.29 is 0 Å². The first kappa shape index (κ1) is 7.74. The van der Waals surface area contributed by atoms with Gasteiger partial charge in [0, 0.05) is 18.3 Å². The monoisotopic (exact) mass is 162 g/mol. The third-order valence-electron chi connectivity index (χ3n) is 2.10. The van der Waals surface area contributed by atoms with Gasteiger partial charge in [-0.1, -0.05) is 6.07 Å². The molecule has 1 aromatic heterocycles. The molecule has 0 amide bonds. The second-order valence-corrected chi connectivity index (χ2v) is 3.43. The Kier molecular flexibility index (Phi) is 2.09. The van der Waals surface area contributed by atoms with Gasteiger partial charge in [-0.2, -0.15) is 0 Å². The zero-order valence-corrected chi connectivity index (χ0v) is 7.38. The Morgan fingerprint density at radius 2 is 2.33 bits per heavy atom. The summed E-state index contributed by atoms with van der Waals surface area (Å²) in [5.41, 5.74) is 2.26. The molecule has 0 unspecified atom stereocenters. The first-order chi connectivity index (χ1) is 5.84. The zero-order chi connectivity index (χ0) is 8.39. The van der Waals surface area contributed by atoms with Crippen LogP contribution < -0.4 is 5.32 Å². The van der Waals surface area contributed by atoms with Crippen molar-refractivity contribution in [3.8, 4) is 0 Å². The highest BCUT2D eigenvalue weighted by molar-refractivity contribution is 5.09. The molecule has 0 radical (unpaired) electrons. The summed E-state index contributed by atoms with van der Waals surface area (Å²) in [7, 11) is 0. The molecule has 1 aliphatic carbocycles. The molecule has 1 aliphatic rings. The van der Waals surface area contributed by atoms with Crippen LogP contribution in [0.25, 0.3) is 0 Å². The van der Waals surface area contributed by atoms with E-state index < -0.39 is 0 Å². The van der Waals surface area contributed by atoms with Crippen molar-refractivity contribution in [2.45, 2.75) is 32.4 Å². The second-order valence-electron chi connectivity index (χ2n) is 3.43. The molecule has 12 heavy (non-hydrogen) atoms. The Bertz CT molecular complexity index is 266. The quantitative estimate of drug-likeness (QED) is 0.731. The van der Waals surface area contributed by atoms with Crippen LogP contribution in [0.15, 0.2) is 18.2 Å². The maximum Gasteiger partial charge on any atom is 0.0544 e. The van der Waals surface area contributed by atoms with E-state index in [4.69, 9.17) is 0 Å². The van der Waals surface area contributed by atoms with E-state index in [1.807, 2.05) is 13.0 Å². The van der Waals surface area contributed by atoms with Gasteiger partial charge < -0.3 is 5.32 Å². The van der Waals surface area contributed by atoms with Crippen LogP contribution in [-0.4, -0.2) is 11.0 Å². The molecule has 0 aliphatic heterocycles. The number of aromatic nitrogens is 1. The fraction of sp³-hybridized carbons (Fsp3) is 0.500. The standard InChI is InChI=1S/C10H14N2/c1-8-3-2-4-10(12-8)7-11-9-5-6-9/h2-4,9,11H,5-7H2,1H3. The van der Waals surface area contributed by atoms with Gasteiger partial charge in [-0.25, -0.2) is 0 Å². The predicted molar refractivity (Wildman–Crippen MR) is 48.8 cm³/mol. The summed E-state index contributed by atoms with van der Waals surface area (Å²) in [5.74, 6) is 0. The van der Waals surface area contributed by atoms with Crippen LogP contribution in [0.1, 0.15) is 24.2 Å². The zero-order valence-electron chi connectivity index (χ0n) is 7.38. The van der Waals surface area contributed by atoms with Crippen molar-refractivity contribution in [1.29, 1.82) is 0 Å². The summed E-state index contributed by atoms with van der Waals surface area (Å²) in [6, 6.07) is 6.93. The lowest BCUT2D eigenvalue weighted by Gasteiger charge is -2.02. The van der Waals surface area contributed by atoms with E-state index in [9.17, 15) is 0 Å². The van der Waals surface area contributed by atoms with Crippen LogP contribution in [0.3, 0.4) is 0 Å². The minimum absolute atomic E-state index is 0.771. The van der Waals surface area contributed by atoms with Gasteiger partial charge in [0.1, 0.15) is 0 Å². The lowest BCUT2D eigenvalue weighted by molar-refractivity contribution is 0.673. The Balaban J connectivity index is 1.92. The maximum absolute atomic E-state index is 4.41. The Morgan fingerprint density at radius 3 is 3.00 bits per heavy atom. The molecule has 2 rings (SSSR count). The molecule has 1 aromatic rings. The van der Waals surface area contributed by atoms with E-state index in [0.717, 1.165) is 24.0 Å². The number of nitrogens with zero attached hydrogens (tertiary/aromatic N) is 1. The number of rotatable bonds is 3. The summed E-state index contributed by atoms with van der Waals surface area (Å²) >= 11 is 0. The van der Waals surface area contributed by atoms with Gasteiger partial charge in [0.05, 0.1) is 5.69 Å². The van der Waals surface area contributed by atoms with Crippen LogP contribution in [0.4, 0.5) is 0 Å². The Hall–Kier alpha value is -0.890. The average Bonchev–Trinajstić information content (AvgIpc) is 2.84. The highest BCUT2D eigenvalue weighted by Gasteiger charge is 2.19. The SMILES string of the molecule is Cc1cccc(CNC2CC2)n1. The molecule has 2 heteroatoms. The first-order valence-corrected chi connectivity index (χ1v) is 4.50. The van der Waals surface area contributed by atoms with Gasteiger partial charge in [-0.3, -0.25) is 4.98 Å². The maximum atomic E-state index is 4.41. The summed E-state index contributed by atoms with van der Waals surface area (Å²) in [6.07, 6.45) is 2.68. The third kappa shape index (κ3) is 2.05. The number of nitrogens with one attached hydrogen (secondary N) is 1. The summed E-state index contributed by atoms with van der Waals surface area (Å²) in [6.45, 7) is 2.95. The van der Waals surface area contributed by atoms with Crippen LogP contribution >= 0.6 is 0 Å². The van der Waals surface area contributed by atoms with Crippen molar-refractivity contribution in [1.82, 2.24) is 10.3 Å². The minimum atomic E-state index is 0.771. The third-order valence-corrected chi connectivity index (χ3v) is 2.10. The van der Waals surface area contributed by atoms with Gasteiger partial charge >= 0.3 is 0 Å². The fourth-order valence-corrected chi connectivity index (χ4v) is 1.23. The summed E-state index contributed by atoms with van der Waals surface area (Å²) in [4.78, 5) is 4.41. The highest BCUT2D eigenvalue weighted by Crippen LogP contribution is 2.18. The number of aryl methyl sites for hydroxylation is 1. The van der Waals surface area contributed by atoms with Gasteiger partial charge in [0.25, 0.3) is 0 Å². The first-order valence-electron chi connectivity index (χ1n) is 4.50. The number of pyridine rings is 1. The van der Waals surface area contributed by atoms with Crippen molar-refractivity contribution in [2.24, 2.45) is 0 Å². The van der Waals surface area contributed by atoms with Crippen molar-refractivity contribution in [3.05, 3.63) is 29.6 Å². The molecule has 64 valence electrons. The Morgan fingerprint density at radius 1 is 1.50 bits per heavy atom. The van der Waals surface area contributed by atoms with E-state index in [2.05, 4.69) is 22.4 Å². The summed E-state index contributed by atoms with van der Waals surface area (Å²) < 4.78 is 0. The molecular weight excluding hydrogens is 148 g/mol. The number of hydrogen-bond donors (Lipinski definition) is 1. The van der Waals surface area contributed by atoms with Crippen molar-refractivity contribution in [2.75, 3.05) is 0 Å². The lowest BCUT2D eigenvalue weighted by Crippen LogP contribution is -2.16. The molecule has 1 N–H and O–H groups in total. The van der Waals surface area contributed by atoms with Gasteiger partial charge in [-0.15, -0.1) is 0 Å². The van der Waals surface area contributed by atoms with E-state index in [-0.39, 0.29) is 0 Å². The number of hydrogen-bond acceptors (Lipinski definition) is 2. The van der Waals surface area contributed by atoms with E-state index >= 15 is 0 Å². The normalized spacial score (nSPS) is 16.4. The smallest absolute Gasteiger partial charge is 0.0544 e. The lowest BCUT2D eigenvalue weighted by atomic mass is 10.3. The van der Waals surface area contributed by atoms with Gasteiger partial charge in [0.2, 0.25) is 0 Å². The molecule has 1 heterocycles. The van der Waals surface area contributed by atoms with Crippen LogP contribution in [0, 0.1) is 6.92 Å². The van der Waals surface area contributed by atoms with Crippen LogP contribution in [0.2, 0.25) is 0 Å². The molecule has 0 atom stereocenters. The van der Waals surface area contributed by atoms with Crippen molar-refractivity contribution >= 4 is 0 Å². The summed E-state index contributed by atoms with van der Waals surface area (Å²) in [5, 5.41) is 3.44. The van der Waals surface area contributed by atoms with Crippen LogP contribution in [0.5, 0.6) is 0 Å². The van der Waals surface area contributed by atoms with E-state index in [0.29, 0.717) is 0 Å². The molecule has 0 spiro atoms. The topological polar surface area (TPSA) is 24.9 Å². The minimum Gasteiger partial charge on any atom is -0.308 e. The average molecular weight is 162 g/mol. The van der Waals surface area contributed by atoms with Gasteiger partial charge in [0.15, 0.2) is 0 Å². The molecule has 0 aromatic carbocycles. The highest BCUT2D eigenvalue weighted by atomic mass is 15.0. The van der Waals surface area contributed by atoms with E-state index in [1.54, 1.807) is 0 Å². The molecule has 1 fully saturated rings. The fourth-order valence-electron chi connectivity index (χ4n) is 1.23. The molecular formula is C10H14N2. The Labute approximate surface area is 73.0 Å². The van der Waals surface area contributed by atoms with E-state index in [1.165, 1.54) is 12.8 Å².